The van der Waals surface area contributed by atoms with E-state index in [0.29, 0.717) is 0 Å². The van der Waals surface area contributed by atoms with E-state index in [1.165, 1.54) is 47.0 Å². The Balaban J connectivity index is 1.10. The molecule has 0 radical (unpaired) electrons. The van der Waals surface area contributed by atoms with Gasteiger partial charge in [0.2, 0.25) is 0 Å². The molecule has 170 valence electrons. The summed E-state index contributed by atoms with van der Waals surface area (Å²) in [5, 5.41) is 0. The van der Waals surface area contributed by atoms with Crippen molar-refractivity contribution in [2.75, 3.05) is 46.0 Å². The summed E-state index contributed by atoms with van der Waals surface area (Å²) in [5.74, 6) is 0. The zero-order chi connectivity index (χ0) is 22.7. The number of hydrogen-bond donors (Lipinski definition) is 0. The summed E-state index contributed by atoms with van der Waals surface area (Å²) in [5.41, 5.74) is 7.81. The van der Waals surface area contributed by atoms with Crippen molar-refractivity contribution in [2.45, 2.75) is 12.8 Å². The highest BCUT2D eigenvalue weighted by Gasteiger charge is 2.27. The van der Waals surface area contributed by atoms with Crippen molar-refractivity contribution in [1.82, 2.24) is 0 Å². The fraction of sp³-hybridized carbons (Fsp3) is 0.200. The van der Waals surface area contributed by atoms with Gasteiger partial charge in [-0.05, 0) is 61.4 Å². The van der Waals surface area contributed by atoms with Crippen LogP contribution in [0.4, 0.5) is 34.1 Å². The van der Waals surface area contributed by atoms with Crippen molar-refractivity contribution in [1.29, 1.82) is 0 Å². The molecule has 2 aliphatic heterocycles. The van der Waals surface area contributed by atoms with Gasteiger partial charge in [0.05, 0.1) is 36.1 Å². The van der Waals surface area contributed by atoms with Gasteiger partial charge in [0, 0.05) is 24.5 Å². The zero-order valence-corrected chi connectivity index (χ0v) is 19.4. The molecule has 0 saturated carbocycles. The van der Waals surface area contributed by atoms with Crippen LogP contribution >= 0.6 is 0 Å². The maximum Gasteiger partial charge on any atom is 0.0953 e. The summed E-state index contributed by atoms with van der Waals surface area (Å²) in [6.45, 7) is 3.96. The number of anilines is 6. The fourth-order valence-electron chi connectivity index (χ4n) is 5.21. The highest BCUT2D eigenvalue weighted by Crippen LogP contribution is 2.41. The molecule has 0 N–H and O–H groups in total. The maximum absolute atomic E-state index is 2.52. The van der Waals surface area contributed by atoms with Crippen LogP contribution in [0.25, 0.3) is 0 Å². The Kier molecular flexibility index (Phi) is 5.56. The minimum atomic E-state index is 0.914. The Hall–Kier alpha value is -3.92. The van der Waals surface area contributed by atoms with Gasteiger partial charge in [0.1, 0.15) is 0 Å². The molecule has 6 rings (SSSR count). The molecule has 0 spiro atoms. The number of para-hydroxylation sites is 6. The van der Waals surface area contributed by atoms with E-state index in [4.69, 9.17) is 0 Å². The molecular formula is C30H30N4. The fourth-order valence-corrected chi connectivity index (χ4v) is 5.21. The summed E-state index contributed by atoms with van der Waals surface area (Å²) in [4.78, 5) is 9.89. The van der Waals surface area contributed by atoms with Crippen molar-refractivity contribution < 1.29 is 0 Å². The number of unbranched alkanes of at least 4 members (excludes halogenated alkanes) is 1. The van der Waals surface area contributed by atoms with Crippen molar-refractivity contribution in [3.8, 4) is 0 Å². The minimum absolute atomic E-state index is 0.914. The predicted molar refractivity (Wildman–Crippen MR) is 144 cm³/mol. The summed E-state index contributed by atoms with van der Waals surface area (Å²) in [7, 11) is 0. The Bertz CT molecular complexity index is 1140. The average molecular weight is 447 g/mol. The van der Waals surface area contributed by atoms with Gasteiger partial charge in [0.25, 0.3) is 0 Å². The van der Waals surface area contributed by atoms with Gasteiger partial charge in [-0.25, -0.2) is 0 Å². The van der Waals surface area contributed by atoms with Gasteiger partial charge in [-0.1, -0.05) is 60.7 Å². The van der Waals surface area contributed by atoms with E-state index in [9.17, 15) is 0 Å². The number of rotatable bonds is 7. The molecule has 0 saturated heterocycles. The lowest BCUT2D eigenvalue weighted by Gasteiger charge is -2.24. The second kappa shape index (κ2) is 9.14. The second-order valence-electron chi connectivity index (χ2n) is 9.02. The van der Waals surface area contributed by atoms with Crippen LogP contribution in [-0.4, -0.2) is 26.4 Å². The molecule has 4 aromatic rings. The van der Waals surface area contributed by atoms with Crippen LogP contribution in [0.3, 0.4) is 0 Å². The van der Waals surface area contributed by atoms with E-state index in [-0.39, 0.29) is 0 Å². The first kappa shape index (κ1) is 20.7. The number of nitrogens with zero attached hydrogens (tertiary/aromatic N) is 4. The Labute approximate surface area is 202 Å². The highest BCUT2D eigenvalue weighted by molar-refractivity contribution is 5.83. The Morgan fingerprint density at radius 1 is 0.412 bits per heavy atom. The molecule has 4 nitrogen and oxygen atoms in total. The number of fused-ring (bicyclic) bond motifs is 2. The molecule has 0 bridgehead atoms. The van der Waals surface area contributed by atoms with Crippen LogP contribution in [0.15, 0.2) is 109 Å². The third-order valence-electron chi connectivity index (χ3n) is 6.89. The summed E-state index contributed by atoms with van der Waals surface area (Å²) in [6, 6.07) is 39.0. The van der Waals surface area contributed by atoms with Crippen molar-refractivity contribution >= 4 is 34.1 Å². The smallest absolute Gasteiger partial charge is 0.0953 e. The van der Waals surface area contributed by atoms with Gasteiger partial charge >= 0.3 is 0 Å². The van der Waals surface area contributed by atoms with E-state index in [1.807, 2.05) is 0 Å². The number of benzene rings is 4. The molecule has 0 aliphatic carbocycles. The predicted octanol–water partition coefficient (Wildman–Crippen LogP) is 7.00. The zero-order valence-electron chi connectivity index (χ0n) is 19.4. The van der Waals surface area contributed by atoms with Crippen molar-refractivity contribution in [3.63, 3.8) is 0 Å². The lowest BCUT2D eigenvalue weighted by Crippen LogP contribution is -2.31. The van der Waals surface area contributed by atoms with Crippen LogP contribution in [0.1, 0.15) is 12.8 Å². The SMILES string of the molecule is c1ccc(N2CN(CCCCN3CN(c4ccccc4)c4ccccc43)c3ccccc32)cc1. The first-order valence-corrected chi connectivity index (χ1v) is 12.2. The second-order valence-corrected chi connectivity index (χ2v) is 9.02. The molecular weight excluding hydrogens is 416 g/mol. The quantitative estimate of drug-likeness (QED) is 0.283. The van der Waals surface area contributed by atoms with Crippen LogP contribution < -0.4 is 19.6 Å². The first-order valence-electron chi connectivity index (χ1n) is 12.2. The van der Waals surface area contributed by atoms with E-state index < -0.39 is 0 Å². The summed E-state index contributed by atoms with van der Waals surface area (Å²) in [6.07, 6.45) is 2.34. The third-order valence-corrected chi connectivity index (χ3v) is 6.89. The van der Waals surface area contributed by atoms with E-state index in [2.05, 4.69) is 129 Å². The van der Waals surface area contributed by atoms with Crippen molar-refractivity contribution in [3.05, 3.63) is 109 Å². The number of hydrogen-bond acceptors (Lipinski definition) is 4. The average Bonchev–Trinajstić information content (AvgIpc) is 3.47. The maximum atomic E-state index is 2.52. The van der Waals surface area contributed by atoms with Crippen molar-refractivity contribution in [2.24, 2.45) is 0 Å². The monoisotopic (exact) mass is 446 g/mol. The summed E-state index contributed by atoms with van der Waals surface area (Å²) < 4.78 is 0. The van der Waals surface area contributed by atoms with Crippen LogP contribution in [-0.2, 0) is 0 Å². The van der Waals surface area contributed by atoms with Gasteiger partial charge in [-0.3, -0.25) is 0 Å². The molecule has 0 unspecified atom stereocenters. The first-order chi connectivity index (χ1) is 16.9. The molecule has 2 heterocycles. The Morgan fingerprint density at radius 2 is 0.765 bits per heavy atom. The van der Waals surface area contributed by atoms with E-state index in [1.54, 1.807) is 0 Å². The molecule has 4 aromatic carbocycles. The largest absolute Gasteiger partial charge is 0.352 e. The highest BCUT2D eigenvalue weighted by atomic mass is 15.4. The van der Waals surface area contributed by atoms with Crippen LogP contribution in [0, 0.1) is 0 Å². The van der Waals surface area contributed by atoms with E-state index in [0.717, 1.165) is 26.4 Å². The van der Waals surface area contributed by atoms with Gasteiger partial charge < -0.3 is 19.6 Å². The molecule has 0 fully saturated rings. The normalized spacial score (nSPS) is 14.5. The standard InChI is InChI=1S/C30H30N4/c1-3-13-25(14-4-1)33-23-31(27-17-7-9-19-29(27)33)21-11-12-22-32-24-34(26-15-5-2-6-16-26)30-20-10-8-18-28(30)32/h1-10,13-20H,11-12,21-24H2. The Morgan fingerprint density at radius 3 is 1.18 bits per heavy atom. The molecule has 34 heavy (non-hydrogen) atoms. The minimum Gasteiger partial charge on any atom is -0.352 e. The molecule has 2 aliphatic rings. The van der Waals surface area contributed by atoms with Gasteiger partial charge in [0.15, 0.2) is 0 Å². The summed E-state index contributed by atoms with van der Waals surface area (Å²) >= 11 is 0. The van der Waals surface area contributed by atoms with Gasteiger partial charge in [-0.2, -0.15) is 0 Å². The molecule has 4 heteroatoms. The van der Waals surface area contributed by atoms with Gasteiger partial charge in [-0.15, -0.1) is 0 Å². The lowest BCUT2D eigenvalue weighted by molar-refractivity contribution is 0.678. The molecule has 0 atom stereocenters. The lowest BCUT2D eigenvalue weighted by atomic mass is 10.2. The topological polar surface area (TPSA) is 13.0 Å². The van der Waals surface area contributed by atoms with Crippen LogP contribution in [0.2, 0.25) is 0 Å². The third kappa shape index (κ3) is 3.86. The molecule has 0 aromatic heterocycles. The van der Waals surface area contributed by atoms with E-state index >= 15 is 0 Å². The van der Waals surface area contributed by atoms with Crippen LogP contribution in [0.5, 0.6) is 0 Å². The molecule has 0 amide bonds.